The van der Waals surface area contributed by atoms with Gasteiger partial charge in [-0.15, -0.1) is 0 Å². The average molecular weight is 440 g/mol. The van der Waals surface area contributed by atoms with E-state index in [1.54, 1.807) is 18.2 Å². The van der Waals surface area contributed by atoms with E-state index in [4.69, 9.17) is 14.6 Å². The molecule has 0 bridgehead atoms. The zero-order chi connectivity index (χ0) is 22.8. The normalized spacial score (nSPS) is 12.2. The Morgan fingerprint density at radius 3 is 2.53 bits per heavy atom. The van der Waals surface area contributed by atoms with Gasteiger partial charge in [-0.05, 0) is 62.0 Å². The van der Waals surface area contributed by atoms with E-state index in [9.17, 15) is 5.11 Å². The highest BCUT2D eigenvalue weighted by molar-refractivity contribution is 5.63. The summed E-state index contributed by atoms with van der Waals surface area (Å²) >= 11 is 0. The van der Waals surface area contributed by atoms with Gasteiger partial charge in [0, 0.05) is 17.7 Å². The van der Waals surface area contributed by atoms with Crippen LogP contribution in [0.25, 0.3) is 11.3 Å². The van der Waals surface area contributed by atoms with E-state index in [1.165, 1.54) is 18.4 Å². The van der Waals surface area contributed by atoms with Gasteiger partial charge in [0.15, 0.2) is 0 Å². The summed E-state index contributed by atoms with van der Waals surface area (Å²) in [6, 6.07) is 15.0. The van der Waals surface area contributed by atoms with Crippen LogP contribution in [0.2, 0.25) is 0 Å². The first kappa shape index (κ1) is 23.8. The average Bonchev–Trinajstić information content (AvgIpc) is 3.28. The van der Waals surface area contributed by atoms with E-state index in [0.29, 0.717) is 24.5 Å². The largest absolute Gasteiger partial charge is 0.490 e. The topological polar surface area (TPSA) is 90.8 Å². The second-order valence-electron chi connectivity index (χ2n) is 7.85. The number of nitrogens with zero attached hydrogens (tertiary/aromatic N) is 2. The molecule has 0 aliphatic heterocycles. The van der Waals surface area contributed by atoms with Crippen LogP contribution in [-0.2, 0) is 6.54 Å². The van der Waals surface area contributed by atoms with E-state index in [2.05, 4.69) is 29.1 Å². The van der Waals surface area contributed by atoms with Crippen molar-refractivity contribution in [3.63, 3.8) is 0 Å². The number of aromatic amines is 1. The molecule has 1 unspecified atom stereocenters. The SMILES string of the molecule is CCCCN(C)Cc1cn[nH]c1-c1ccc(OCCOc2cccc(C(O)CO)c2)cc1. The maximum Gasteiger partial charge on any atom is 0.122 e. The summed E-state index contributed by atoms with van der Waals surface area (Å²) in [4.78, 5) is 2.32. The number of nitrogens with one attached hydrogen (secondary N) is 1. The molecular formula is C25H33N3O4. The Kier molecular flexibility index (Phi) is 9.10. The van der Waals surface area contributed by atoms with Gasteiger partial charge >= 0.3 is 0 Å². The third-order valence-electron chi connectivity index (χ3n) is 5.23. The molecule has 7 nitrogen and oxygen atoms in total. The standard InChI is InChI=1S/C25H33N3O4/c1-3-4-12-28(2)17-21-16-26-27-25(21)19-8-10-22(11-9-19)31-13-14-32-23-7-5-6-20(15-23)24(30)18-29/h5-11,15-16,24,29-30H,3-4,12-14,17-18H2,1-2H3,(H,26,27). The molecule has 0 aliphatic carbocycles. The minimum absolute atomic E-state index is 0.321. The molecule has 0 aliphatic rings. The van der Waals surface area contributed by atoms with Crippen molar-refractivity contribution in [3.05, 3.63) is 65.9 Å². The van der Waals surface area contributed by atoms with Crippen LogP contribution in [0.3, 0.4) is 0 Å². The van der Waals surface area contributed by atoms with E-state index in [0.717, 1.165) is 30.1 Å². The molecule has 3 aromatic rings. The van der Waals surface area contributed by atoms with Crippen molar-refractivity contribution in [2.45, 2.75) is 32.4 Å². The van der Waals surface area contributed by atoms with Crippen LogP contribution in [0.5, 0.6) is 11.5 Å². The number of rotatable bonds is 13. The van der Waals surface area contributed by atoms with Crippen LogP contribution < -0.4 is 9.47 Å². The lowest BCUT2D eigenvalue weighted by Gasteiger charge is -2.16. The van der Waals surface area contributed by atoms with E-state index < -0.39 is 6.10 Å². The first-order valence-corrected chi connectivity index (χ1v) is 11.1. The highest BCUT2D eigenvalue weighted by Gasteiger charge is 2.10. The maximum absolute atomic E-state index is 9.72. The Balaban J connectivity index is 1.49. The Morgan fingerprint density at radius 1 is 1.06 bits per heavy atom. The van der Waals surface area contributed by atoms with Crippen molar-refractivity contribution < 1.29 is 19.7 Å². The van der Waals surface area contributed by atoms with E-state index in [1.807, 2.05) is 36.5 Å². The maximum atomic E-state index is 9.72. The summed E-state index contributed by atoms with van der Waals surface area (Å²) in [6.45, 7) is 4.58. The van der Waals surface area contributed by atoms with Gasteiger partial charge in [0.05, 0.1) is 18.5 Å². The van der Waals surface area contributed by atoms with Crippen molar-refractivity contribution in [2.24, 2.45) is 0 Å². The van der Waals surface area contributed by atoms with Gasteiger partial charge in [-0.3, -0.25) is 5.10 Å². The fraction of sp³-hybridized carbons (Fsp3) is 0.400. The molecule has 0 radical (unpaired) electrons. The Bertz CT molecular complexity index is 942. The van der Waals surface area contributed by atoms with Gasteiger partial charge in [-0.2, -0.15) is 5.10 Å². The van der Waals surface area contributed by atoms with Gasteiger partial charge in [0.2, 0.25) is 0 Å². The van der Waals surface area contributed by atoms with Crippen LogP contribution >= 0.6 is 0 Å². The lowest BCUT2D eigenvalue weighted by Crippen LogP contribution is -2.19. The summed E-state index contributed by atoms with van der Waals surface area (Å²) in [5, 5.41) is 26.1. The van der Waals surface area contributed by atoms with Gasteiger partial charge in [-0.25, -0.2) is 0 Å². The molecular weight excluding hydrogens is 406 g/mol. The number of aromatic nitrogens is 2. The molecule has 0 spiro atoms. The third kappa shape index (κ3) is 6.82. The monoisotopic (exact) mass is 439 g/mol. The summed E-state index contributed by atoms with van der Waals surface area (Å²) in [6.07, 6.45) is 3.37. The Hall–Kier alpha value is -2.87. The summed E-state index contributed by atoms with van der Waals surface area (Å²) in [5.74, 6) is 1.40. The number of benzene rings is 2. The van der Waals surface area contributed by atoms with Crippen molar-refractivity contribution in [1.29, 1.82) is 0 Å². The van der Waals surface area contributed by atoms with Crippen molar-refractivity contribution in [2.75, 3.05) is 33.4 Å². The quantitative estimate of drug-likeness (QED) is 0.351. The lowest BCUT2D eigenvalue weighted by molar-refractivity contribution is 0.0953. The van der Waals surface area contributed by atoms with E-state index in [-0.39, 0.29) is 6.61 Å². The number of aliphatic hydroxyl groups is 2. The lowest BCUT2D eigenvalue weighted by atomic mass is 10.1. The van der Waals surface area contributed by atoms with Gasteiger partial charge in [0.25, 0.3) is 0 Å². The summed E-state index contributed by atoms with van der Waals surface area (Å²) in [5.41, 5.74) is 3.91. The molecule has 0 fully saturated rings. The molecule has 172 valence electrons. The minimum atomic E-state index is -0.902. The van der Waals surface area contributed by atoms with Crippen LogP contribution in [-0.4, -0.2) is 58.7 Å². The van der Waals surface area contributed by atoms with Crippen LogP contribution in [0.1, 0.15) is 37.0 Å². The highest BCUT2D eigenvalue weighted by atomic mass is 16.5. The molecule has 0 saturated heterocycles. The van der Waals surface area contributed by atoms with Crippen LogP contribution in [0, 0.1) is 0 Å². The van der Waals surface area contributed by atoms with Crippen molar-refractivity contribution in [3.8, 4) is 22.8 Å². The second kappa shape index (κ2) is 12.2. The number of hydrogen-bond acceptors (Lipinski definition) is 6. The fourth-order valence-electron chi connectivity index (χ4n) is 3.43. The predicted octanol–water partition coefficient (Wildman–Crippen LogP) is 3.79. The smallest absolute Gasteiger partial charge is 0.122 e. The summed E-state index contributed by atoms with van der Waals surface area (Å²) in [7, 11) is 2.14. The Labute approximate surface area is 189 Å². The summed E-state index contributed by atoms with van der Waals surface area (Å²) < 4.78 is 11.5. The molecule has 1 aromatic heterocycles. The number of ether oxygens (including phenoxy) is 2. The molecule has 7 heteroatoms. The number of unbranched alkanes of at least 4 members (excludes halogenated alkanes) is 1. The highest BCUT2D eigenvalue weighted by Crippen LogP contribution is 2.25. The molecule has 1 heterocycles. The zero-order valence-corrected chi connectivity index (χ0v) is 18.8. The van der Waals surface area contributed by atoms with Crippen LogP contribution in [0.4, 0.5) is 0 Å². The number of hydrogen-bond donors (Lipinski definition) is 3. The van der Waals surface area contributed by atoms with Crippen molar-refractivity contribution >= 4 is 0 Å². The first-order valence-electron chi connectivity index (χ1n) is 11.1. The van der Waals surface area contributed by atoms with Gasteiger partial charge in [0.1, 0.15) is 30.8 Å². The molecule has 1 atom stereocenters. The molecule has 32 heavy (non-hydrogen) atoms. The van der Waals surface area contributed by atoms with Crippen molar-refractivity contribution in [1.82, 2.24) is 15.1 Å². The number of aliphatic hydroxyl groups excluding tert-OH is 2. The molecule has 0 saturated carbocycles. The minimum Gasteiger partial charge on any atom is -0.490 e. The first-order chi connectivity index (χ1) is 15.6. The van der Waals surface area contributed by atoms with E-state index >= 15 is 0 Å². The fourth-order valence-corrected chi connectivity index (χ4v) is 3.43. The third-order valence-corrected chi connectivity index (χ3v) is 5.23. The zero-order valence-electron chi connectivity index (χ0n) is 18.8. The van der Waals surface area contributed by atoms with Gasteiger partial charge < -0.3 is 24.6 Å². The Morgan fingerprint density at radius 2 is 1.81 bits per heavy atom. The van der Waals surface area contributed by atoms with Crippen LogP contribution in [0.15, 0.2) is 54.7 Å². The molecule has 3 rings (SSSR count). The predicted molar refractivity (Wildman–Crippen MR) is 125 cm³/mol. The molecule has 0 amide bonds. The molecule has 3 N–H and O–H groups in total. The molecule has 2 aromatic carbocycles. The number of H-pyrrole nitrogens is 1. The second-order valence-corrected chi connectivity index (χ2v) is 7.85. The van der Waals surface area contributed by atoms with Gasteiger partial charge in [-0.1, -0.05) is 25.5 Å².